The summed E-state index contributed by atoms with van der Waals surface area (Å²) in [5.74, 6) is -0.932. The molecule has 18 heavy (non-hydrogen) atoms. The molecule has 2 rings (SSSR count). The van der Waals surface area contributed by atoms with E-state index in [0.29, 0.717) is 5.75 Å². The van der Waals surface area contributed by atoms with Gasteiger partial charge in [-0.25, -0.2) is 13.6 Å². The minimum atomic E-state index is -0.960. The van der Waals surface area contributed by atoms with Crippen LogP contribution in [0.2, 0.25) is 0 Å². The Morgan fingerprint density at radius 2 is 1.83 bits per heavy atom. The Morgan fingerprint density at radius 1 is 1.11 bits per heavy atom. The maximum atomic E-state index is 13.1. The van der Waals surface area contributed by atoms with Gasteiger partial charge < -0.3 is 4.74 Å². The van der Waals surface area contributed by atoms with Crippen molar-refractivity contribution >= 4 is 5.97 Å². The molecule has 0 N–H and O–H groups in total. The summed E-state index contributed by atoms with van der Waals surface area (Å²) in [7, 11) is 0. The third-order valence-electron chi connectivity index (χ3n) is 2.38. The fraction of sp³-hybridized carbons (Fsp3) is 0.0714. The lowest BCUT2D eigenvalue weighted by Gasteiger charge is -2.05. The Balaban J connectivity index is 2.19. The molecule has 0 aliphatic rings. The van der Waals surface area contributed by atoms with Crippen LogP contribution in [0.15, 0.2) is 48.5 Å². The van der Waals surface area contributed by atoms with Crippen molar-refractivity contribution in [1.82, 2.24) is 0 Å². The van der Waals surface area contributed by atoms with E-state index in [9.17, 15) is 13.6 Å². The van der Waals surface area contributed by atoms with Gasteiger partial charge in [-0.3, -0.25) is 0 Å². The molecule has 0 aromatic heterocycles. The van der Waals surface area contributed by atoms with Gasteiger partial charge in [0.1, 0.15) is 18.2 Å². The molecular weight excluding hydrogens is 238 g/mol. The molecular formula is C14H10F2O2. The summed E-state index contributed by atoms with van der Waals surface area (Å²) >= 11 is 0. The number of esters is 1. The minimum absolute atomic E-state index is 0.118. The number of ether oxygens (including phenoxy) is 1. The molecule has 0 spiro atoms. The molecule has 0 bridgehead atoms. The lowest BCUT2D eigenvalue weighted by molar-refractivity contribution is 0.0734. The van der Waals surface area contributed by atoms with Crippen molar-refractivity contribution in [3.8, 4) is 5.75 Å². The van der Waals surface area contributed by atoms with Gasteiger partial charge in [-0.2, -0.15) is 0 Å². The van der Waals surface area contributed by atoms with Gasteiger partial charge in [0, 0.05) is 5.56 Å². The quantitative estimate of drug-likeness (QED) is 0.613. The van der Waals surface area contributed by atoms with Crippen LogP contribution in [0.3, 0.4) is 0 Å². The fourth-order valence-corrected chi connectivity index (χ4v) is 1.46. The molecule has 0 heterocycles. The Bertz CT molecular complexity index is 553. The van der Waals surface area contributed by atoms with Crippen LogP contribution in [0.4, 0.5) is 8.78 Å². The van der Waals surface area contributed by atoms with Gasteiger partial charge in [-0.1, -0.05) is 18.2 Å². The molecule has 0 fully saturated rings. The predicted molar refractivity (Wildman–Crippen MR) is 62.6 cm³/mol. The third-order valence-corrected chi connectivity index (χ3v) is 2.38. The van der Waals surface area contributed by atoms with Crippen molar-refractivity contribution < 1.29 is 18.3 Å². The van der Waals surface area contributed by atoms with E-state index < -0.39 is 18.5 Å². The van der Waals surface area contributed by atoms with Crippen LogP contribution in [0.25, 0.3) is 0 Å². The van der Waals surface area contributed by atoms with Crippen LogP contribution in [0.1, 0.15) is 15.9 Å². The van der Waals surface area contributed by atoms with Crippen molar-refractivity contribution in [2.45, 2.75) is 6.67 Å². The van der Waals surface area contributed by atoms with Gasteiger partial charge in [0.05, 0.1) is 5.56 Å². The third kappa shape index (κ3) is 2.71. The first kappa shape index (κ1) is 12.2. The van der Waals surface area contributed by atoms with Gasteiger partial charge in [-0.05, 0) is 30.3 Å². The molecule has 0 saturated carbocycles. The number of hydrogen-bond acceptors (Lipinski definition) is 2. The number of para-hydroxylation sites is 1. The van der Waals surface area contributed by atoms with E-state index in [0.717, 1.165) is 12.1 Å². The lowest BCUT2D eigenvalue weighted by Crippen LogP contribution is -2.09. The zero-order valence-corrected chi connectivity index (χ0v) is 9.40. The molecule has 0 aliphatic heterocycles. The normalized spacial score (nSPS) is 10.1. The molecule has 0 atom stereocenters. The van der Waals surface area contributed by atoms with Gasteiger partial charge >= 0.3 is 5.97 Å². The Labute approximate surface area is 103 Å². The van der Waals surface area contributed by atoms with Crippen LogP contribution in [-0.4, -0.2) is 5.97 Å². The zero-order chi connectivity index (χ0) is 13.0. The van der Waals surface area contributed by atoms with E-state index in [1.807, 2.05) is 0 Å². The summed E-state index contributed by atoms with van der Waals surface area (Å²) < 4.78 is 30.6. The number of hydrogen-bond donors (Lipinski definition) is 0. The molecule has 0 saturated heterocycles. The van der Waals surface area contributed by atoms with Gasteiger partial charge in [-0.15, -0.1) is 0 Å². The minimum Gasteiger partial charge on any atom is -0.423 e. The first-order valence-corrected chi connectivity index (χ1v) is 5.32. The summed E-state index contributed by atoms with van der Waals surface area (Å²) in [6.45, 7) is -0.960. The summed E-state index contributed by atoms with van der Waals surface area (Å²) in [5.41, 5.74) is -0.0367. The second kappa shape index (κ2) is 5.40. The number of benzene rings is 2. The number of rotatable bonds is 3. The van der Waals surface area contributed by atoms with Crippen LogP contribution < -0.4 is 4.74 Å². The highest BCUT2D eigenvalue weighted by atomic mass is 19.1. The molecule has 2 aromatic rings. The first-order valence-electron chi connectivity index (χ1n) is 5.32. The highest BCUT2D eigenvalue weighted by Gasteiger charge is 2.11. The van der Waals surface area contributed by atoms with Gasteiger partial charge in [0.2, 0.25) is 0 Å². The van der Waals surface area contributed by atoms with Crippen molar-refractivity contribution in [2.24, 2.45) is 0 Å². The van der Waals surface area contributed by atoms with E-state index in [-0.39, 0.29) is 11.1 Å². The highest BCUT2D eigenvalue weighted by Crippen LogP contribution is 2.15. The van der Waals surface area contributed by atoms with E-state index in [4.69, 9.17) is 4.74 Å². The maximum Gasteiger partial charge on any atom is 0.343 e. The largest absolute Gasteiger partial charge is 0.423 e. The smallest absolute Gasteiger partial charge is 0.343 e. The van der Waals surface area contributed by atoms with Crippen LogP contribution >= 0.6 is 0 Å². The van der Waals surface area contributed by atoms with Gasteiger partial charge in [0.15, 0.2) is 0 Å². The average Bonchev–Trinajstić information content (AvgIpc) is 2.40. The predicted octanol–water partition coefficient (Wildman–Crippen LogP) is 3.51. The van der Waals surface area contributed by atoms with Gasteiger partial charge in [0.25, 0.3) is 0 Å². The van der Waals surface area contributed by atoms with Crippen LogP contribution in [0.5, 0.6) is 5.75 Å². The molecule has 4 heteroatoms. The van der Waals surface area contributed by atoms with E-state index in [2.05, 4.69) is 0 Å². The second-order valence-corrected chi connectivity index (χ2v) is 3.64. The topological polar surface area (TPSA) is 26.3 Å². The van der Waals surface area contributed by atoms with Crippen LogP contribution in [-0.2, 0) is 6.67 Å². The summed E-state index contributed by atoms with van der Waals surface area (Å²) in [6, 6.07) is 11.9. The van der Waals surface area contributed by atoms with Crippen LogP contribution in [0, 0.1) is 5.82 Å². The van der Waals surface area contributed by atoms with Crippen molar-refractivity contribution in [3.63, 3.8) is 0 Å². The molecule has 92 valence electrons. The number of halogens is 2. The molecule has 2 aromatic carbocycles. The zero-order valence-electron chi connectivity index (χ0n) is 9.40. The summed E-state index contributed by atoms with van der Waals surface area (Å²) in [4.78, 5) is 11.7. The summed E-state index contributed by atoms with van der Waals surface area (Å²) in [5, 5.41) is 0. The SMILES string of the molecule is O=C(Oc1ccccc1)c1ccc(F)c(CF)c1. The number of alkyl halides is 1. The number of carbonyl (C=O) groups is 1. The Morgan fingerprint density at radius 3 is 2.50 bits per heavy atom. The number of carbonyl (C=O) groups excluding carboxylic acids is 1. The van der Waals surface area contributed by atoms with Crippen molar-refractivity contribution in [2.75, 3.05) is 0 Å². The van der Waals surface area contributed by atoms with E-state index in [1.54, 1.807) is 30.3 Å². The lowest BCUT2D eigenvalue weighted by atomic mass is 10.1. The fourth-order valence-electron chi connectivity index (χ4n) is 1.46. The standard InChI is InChI=1S/C14H10F2O2/c15-9-11-8-10(6-7-13(11)16)14(17)18-12-4-2-1-3-5-12/h1-8H,9H2. The highest BCUT2D eigenvalue weighted by molar-refractivity contribution is 5.91. The molecule has 0 aliphatic carbocycles. The molecule has 0 radical (unpaired) electrons. The maximum absolute atomic E-state index is 13.1. The Kier molecular flexibility index (Phi) is 3.67. The molecule has 0 unspecified atom stereocenters. The monoisotopic (exact) mass is 248 g/mol. The Hall–Kier alpha value is -2.23. The molecule has 2 nitrogen and oxygen atoms in total. The molecule has 0 amide bonds. The van der Waals surface area contributed by atoms with Crippen molar-refractivity contribution in [1.29, 1.82) is 0 Å². The first-order chi connectivity index (χ1) is 8.70. The van der Waals surface area contributed by atoms with Crippen molar-refractivity contribution in [3.05, 3.63) is 65.5 Å². The van der Waals surface area contributed by atoms with E-state index >= 15 is 0 Å². The average molecular weight is 248 g/mol. The second-order valence-electron chi connectivity index (χ2n) is 3.64. The summed E-state index contributed by atoms with van der Waals surface area (Å²) in [6.07, 6.45) is 0. The van der Waals surface area contributed by atoms with E-state index in [1.165, 1.54) is 6.07 Å².